The summed E-state index contributed by atoms with van der Waals surface area (Å²) in [4.78, 5) is 18.0. The summed E-state index contributed by atoms with van der Waals surface area (Å²) in [7, 11) is 0. The van der Waals surface area contributed by atoms with Gasteiger partial charge in [-0.15, -0.1) is 11.3 Å². The molecule has 0 bridgehead atoms. The number of furan rings is 1. The van der Waals surface area contributed by atoms with Crippen LogP contribution in [0.15, 0.2) is 57.7 Å². The summed E-state index contributed by atoms with van der Waals surface area (Å²) >= 11 is 1.58. The summed E-state index contributed by atoms with van der Waals surface area (Å²) in [5, 5.41) is 7.64. The summed E-state index contributed by atoms with van der Waals surface area (Å²) < 4.78 is 10.4. The molecular weight excluding hydrogens is 362 g/mol. The minimum absolute atomic E-state index is 0.211. The van der Waals surface area contributed by atoms with Gasteiger partial charge in [-0.2, -0.15) is 0 Å². The highest BCUT2D eigenvalue weighted by molar-refractivity contribution is 7.15. The van der Waals surface area contributed by atoms with Crippen molar-refractivity contribution in [1.29, 1.82) is 0 Å². The van der Waals surface area contributed by atoms with Gasteiger partial charge in [-0.3, -0.25) is 4.79 Å². The van der Waals surface area contributed by atoms with Gasteiger partial charge in [-0.25, -0.2) is 4.98 Å². The van der Waals surface area contributed by atoms with Crippen molar-refractivity contribution in [1.82, 2.24) is 15.5 Å². The Hall–Kier alpha value is -3.19. The molecule has 4 aromatic rings. The van der Waals surface area contributed by atoms with Crippen LogP contribution in [0.3, 0.4) is 0 Å². The Morgan fingerprint density at radius 2 is 2.00 bits per heavy atom. The Kier molecular flexibility index (Phi) is 4.60. The topological polar surface area (TPSA) is 81.2 Å². The summed E-state index contributed by atoms with van der Waals surface area (Å²) in [6.45, 7) is 4.40. The Morgan fingerprint density at radius 3 is 2.78 bits per heavy atom. The Labute approximate surface area is 159 Å². The lowest BCUT2D eigenvalue weighted by molar-refractivity contribution is 0.0942. The van der Waals surface area contributed by atoms with Gasteiger partial charge in [0.15, 0.2) is 11.5 Å². The monoisotopic (exact) mass is 379 g/mol. The van der Waals surface area contributed by atoms with Crippen molar-refractivity contribution in [3.63, 3.8) is 0 Å². The molecule has 27 heavy (non-hydrogen) atoms. The maximum atomic E-state index is 12.4. The van der Waals surface area contributed by atoms with Gasteiger partial charge in [0, 0.05) is 16.5 Å². The molecule has 0 saturated heterocycles. The first-order valence-corrected chi connectivity index (χ1v) is 9.24. The molecule has 0 unspecified atom stereocenters. The molecule has 3 heterocycles. The Balaban J connectivity index is 1.46. The minimum atomic E-state index is -0.304. The second kappa shape index (κ2) is 7.20. The van der Waals surface area contributed by atoms with E-state index in [-0.39, 0.29) is 11.6 Å². The number of carbonyl (C=O) groups excluding carboxylic acids is 1. The van der Waals surface area contributed by atoms with Crippen LogP contribution in [0.1, 0.15) is 26.6 Å². The highest BCUT2D eigenvalue weighted by atomic mass is 32.1. The van der Waals surface area contributed by atoms with Crippen LogP contribution >= 0.6 is 11.3 Å². The lowest BCUT2D eigenvalue weighted by Gasteiger charge is -2.01. The second-order valence-electron chi connectivity index (χ2n) is 6.08. The number of hydrogen-bond acceptors (Lipinski definition) is 6. The quantitative estimate of drug-likeness (QED) is 0.548. The molecule has 0 aliphatic heterocycles. The first-order valence-electron chi connectivity index (χ1n) is 8.43. The SMILES string of the molecule is Cc1ccccc1-c1nc(C)c(CNC(=O)c2cc(-c3ccco3)on2)s1. The fraction of sp³-hybridized carbons (Fsp3) is 0.150. The smallest absolute Gasteiger partial charge is 0.273 e. The van der Waals surface area contributed by atoms with E-state index in [1.54, 1.807) is 29.5 Å². The molecule has 7 heteroatoms. The number of carbonyl (C=O) groups is 1. The molecule has 0 radical (unpaired) electrons. The average Bonchev–Trinajstić information content (AvgIpc) is 3.40. The van der Waals surface area contributed by atoms with Crippen molar-refractivity contribution in [2.45, 2.75) is 20.4 Å². The van der Waals surface area contributed by atoms with E-state index < -0.39 is 0 Å². The Morgan fingerprint density at radius 1 is 1.15 bits per heavy atom. The molecule has 1 N–H and O–H groups in total. The summed E-state index contributed by atoms with van der Waals surface area (Å²) in [5.41, 5.74) is 3.41. The normalized spacial score (nSPS) is 10.9. The summed E-state index contributed by atoms with van der Waals surface area (Å²) in [6, 6.07) is 13.2. The number of nitrogens with one attached hydrogen (secondary N) is 1. The molecular formula is C20H17N3O3S. The van der Waals surface area contributed by atoms with Crippen LogP contribution in [0.25, 0.3) is 22.1 Å². The van der Waals surface area contributed by atoms with E-state index in [2.05, 4.69) is 34.5 Å². The van der Waals surface area contributed by atoms with Crippen molar-refractivity contribution < 1.29 is 13.7 Å². The van der Waals surface area contributed by atoms with Gasteiger partial charge in [0.1, 0.15) is 5.01 Å². The van der Waals surface area contributed by atoms with E-state index >= 15 is 0 Å². The zero-order valence-electron chi connectivity index (χ0n) is 14.9. The number of hydrogen-bond donors (Lipinski definition) is 1. The molecule has 0 atom stereocenters. The van der Waals surface area contributed by atoms with Crippen LogP contribution in [-0.4, -0.2) is 16.0 Å². The standard InChI is InChI=1S/C20H17N3O3S/c1-12-6-3-4-7-14(12)20-22-13(2)18(27-20)11-21-19(24)15-10-17(26-23-15)16-8-5-9-25-16/h3-10H,11H2,1-2H3,(H,21,24). The predicted molar refractivity (Wildman–Crippen MR) is 102 cm³/mol. The van der Waals surface area contributed by atoms with Gasteiger partial charge >= 0.3 is 0 Å². The predicted octanol–water partition coefficient (Wildman–Crippen LogP) is 4.60. The van der Waals surface area contributed by atoms with Crippen LogP contribution in [0.4, 0.5) is 0 Å². The van der Waals surface area contributed by atoms with Crippen molar-refractivity contribution in [2.75, 3.05) is 0 Å². The number of nitrogens with zero attached hydrogens (tertiary/aromatic N) is 2. The van der Waals surface area contributed by atoms with E-state index in [0.29, 0.717) is 18.1 Å². The highest BCUT2D eigenvalue weighted by Gasteiger charge is 2.16. The van der Waals surface area contributed by atoms with Crippen LogP contribution in [0.5, 0.6) is 0 Å². The van der Waals surface area contributed by atoms with Crippen LogP contribution in [-0.2, 0) is 6.54 Å². The second-order valence-corrected chi connectivity index (χ2v) is 7.16. The number of aryl methyl sites for hydroxylation is 2. The van der Waals surface area contributed by atoms with Crippen LogP contribution in [0, 0.1) is 13.8 Å². The third-order valence-electron chi connectivity index (χ3n) is 4.18. The lowest BCUT2D eigenvalue weighted by Crippen LogP contribution is -2.22. The maximum absolute atomic E-state index is 12.4. The van der Waals surface area contributed by atoms with E-state index in [9.17, 15) is 4.79 Å². The molecule has 3 aromatic heterocycles. The maximum Gasteiger partial charge on any atom is 0.273 e. The molecule has 6 nitrogen and oxygen atoms in total. The molecule has 136 valence electrons. The molecule has 0 spiro atoms. The van der Waals surface area contributed by atoms with E-state index in [1.807, 2.05) is 19.1 Å². The van der Waals surface area contributed by atoms with Crippen molar-refractivity contribution in [3.8, 4) is 22.1 Å². The van der Waals surface area contributed by atoms with Gasteiger partial charge in [-0.05, 0) is 31.5 Å². The van der Waals surface area contributed by atoms with Crippen molar-refractivity contribution >= 4 is 17.2 Å². The van der Waals surface area contributed by atoms with Gasteiger partial charge in [0.05, 0.1) is 18.5 Å². The first kappa shape index (κ1) is 17.2. The van der Waals surface area contributed by atoms with Crippen molar-refractivity contribution in [2.24, 2.45) is 0 Å². The number of thiazole rings is 1. The third-order valence-corrected chi connectivity index (χ3v) is 5.38. The summed E-state index contributed by atoms with van der Waals surface area (Å²) in [5.74, 6) is 0.644. The first-order chi connectivity index (χ1) is 13.1. The van der Waals surface area contributed by atoms with E-state index in [1.165, 1.54) is 11.8 Å². The minimum Gasteiger partial charge on any atom is -0.461 e. The number of aromatic nitrogens is 2. The molecule has 0 aliphatic carbocycles. The third kappa shape index (κ3) is 3.54. The molecule has 0 aliphatic rings. The number of benzene rings is 1. The van der Waals surface area contributed by atoms with Gasteiger partial charge in [0.25, 0.3) is 5.91 Å². The average molecular weight is 379 g/mol. The number of rotatable bonds is 5. The molecule has 0 fully saturated rings. The van der Waals surface area contributed by atoms with Gasteiger partial charge < -0.3 is 14.3 Å². The number of amides is 1. The van der Waals surface area contributed by atoms with Crippen molar-refractivity contribution in [3.05, 3.63) is 70.6 Å². The fourth-order valence-corrected chi connectivity index (χ4v) is 3.78. The Bertz CT molecular complexity index is 1080. The van der Waals surface area contributed by atoms with E-state index in [0.717, 1.165) is 21.1 Å². The largest absolute Gasteiger partial charge is 0.461 e. The molecule has 1 aromatic carbocycles. The van der Waals surface area contributed by atoms with Gasteiger partial charge in [0.2, 0.25) is 5.76 Å². The fourth-order valence-electron chi connectivity index (χ4n) is 2.69. The zero-order chi connectivity index (χ0) is 18.8. The van der Waals surface area contributed by atoms with E-state index in [4.69, 9.17) is 8.94 Å². The molecule has 0 saturated carbocycles. The zero-order valence-corrected chi connectivity index (χ0v) is 15.7. The van der Waals surface area contributed by atoms with Gasteiger partial charge in [-0.1, -0.05) is 29.4 Å². The van der Waals surface area contributed by atoms with Crippen LogP contribution < -0.4 is 5.32 Å². The highest BCUT2D eigenvalue weighted by Crippen LogP contribution is 2.30. The van der Waals surface area contributed by atoms with Crippen LogP contribution in [0.2, 0.25) is 0 Å². The summed E-state index contributed by atoms with van der Waals surface area (Å²) in [6.07, 6.45) is 1.54. The molecule has 4 rings (SSSR count). The lowest BCUT2D eigenvalue weighted by atomic mass is 10.1. The molecule has 1 amide bonds.